The van der Waals surface area contributed by atoms with Crippen LogP contribution in [0.1, 0.15) is 19.2 Å². The second-order valence-electron chi connectivity index (χ2n) is 3.67. The number of aromatic nitrogens is 2. The maximum atomic E-state index is 5.69. The van der Waals surface area contributed by atoms with Gasteiger partial charge in [0.15, 0.2) is 5.82 Å². The fraction of sp³-hybridized carbons (Fsp3) is 0.778. The molecule has 0 aliphatic carbocycles. The predicted octanol–water partition coefficient (Wildman–Crippen LogP) is 0.584. The number of hydrogen-bond acceptors (Lipinski definition) is 5. The smallest absolute Gasteiger partial charge is 0.213 e. The molecule has 14 heavy (non-hydrogen) atoms. The van der Waals surface area contributed by atoms with Gasteiger partial charge in [-0.05, 0) is 18.9 Å². The Morgan fingerprint density at radius 1 is 1.71 bits per heavy atom. The highest BCUT2D eigenvalue weighted by Crippen LogP contribution is 2.15. The van der Waals surface area contributed by atoms with Crippen LogP contribution in [0.25, 0.3) is 0 Å². The van der Waals surface area contributed by atoms with Gasteiger partial charge in [-0.3, -0.25) is 0 Å². The Bertz CT molecular complexity index is 263. The van der Waals surface area contributed by atoms with Crippen molar-refractivity contribution < 1.29 is 9.26 Å². The van der Waals surface area contributed by atoms with Gasteiger partial charge < -0.3 is 14.6 Å². The Labute approximate surface area is 82.8 Å². The first-order valence-electron chi connectivity index (χ1n) is 4.94. The Morgan fingerprint density at radius 3 is 3.36 bits per heavy atom. The van der Waals surface area contributed by atoms with E-state index in [9.17, 15) is 0 Å². The number of nitrogens with one attached hydrogen (secondary N) is 1. The van der Waals surface area contributed by atoms with Gasteiger partial charge >= 0.3 is 0 Å². The van der Waals surface area contributed by atoms with Gasteiger partial charge in [-0.25, -0.2) is 0 Å². The highest BCUT2D eigenvalue weighted by atomic mass is 16.5. The lowest BCUT2D eigenvalue weighted by Crippen LogP contribution is -2.41. The minimum atomic E-state index is 0.266. The topological polar surface area (TPSA) is 60.2 Å². The molecule has 78 valence electrons. The van der Waals surface area contributed by atoms with Crippen LogP contribution in [-0.4, -0.2) is 29.3 Å². The average molecular weight is 197 g/mol. The van der Waals surface area contributed by atoms with Crippen LogP contribution in [0, 0.1) is 5.92 Å². The fourth-order valence-electron chi connectivity index (χ4n) is 1.62. The van der Waals surface area contributed by atoms with E-state index in [0.717, 1.165) is 19.5 Å². The van der Waals surface area contributed by atoms with Crippen molar-refractivity contribution in [1.29, 1.82) is 0 Å². The normalized spacial score (nSPS) is 27.8. The molecule has 0 aromatic carbocycles. The van der Waals surface area contributed by atoms with Crippen molar-refractivity contribution in [2.75, 3.05) is 13.1 Å². The third-order valence-electron chi connectivity index (χ3n) is 2.59. The van der Waals surface area contributed by atoms with Crippen LogP contribution in [0.2, 0.25) is 0 Å². The molecule has 0 spiro atoms. The van der Waals surface area contributed by atoms with Gasteiger partial charge in [-0.1, -0.05) is 12.1 Å². The summed E-state index contributed by atoms with van der Waals surface area (Å²) in [5.74, 6) is 1.21. The summed E-state index contributed by atoms with van der Waals surface area (Å²) >= 11 is 0. The van der Waals surface area contributed by atoms with E-state index in [0.29, 0.717) is 18.3 Å². The van der Waals surface area contributed by atoms with E-state index in [2.05, 4.69) is 26.9 Å². The molecule has 0 radical (unpaired) electrons. The average Bonchev–Trinajstić information content (AvgIpc) is 2.69. The van der Waals surface area contributed by atoms with E-state index in [1.54, 1.807) is 0 Å². The van der Waals surface area contributed by atoms with Crippen LogP contribution >= 0.6 is 0 Å². The molecule has 1 fully saturated rings. The molecule has 5 nitrogen and oxygen atoms in total. The summed E-state index contributed by atoms with van der Waals surface area (Å²) in [6, 6.07) is 0. The van der Waals surface area contributed by atoms with E-state index in [4.69, 9.17) is 4.74 Å². The van der Waals surface area contributed by atoms with Crippen molar-refractivity contribution in [3.63, 3.8) is 0 Å². The standard InChI is InChI=1S/C9H15N3O2/c1-7-2-3-10-4-8(7)13-5-9-11-6-14-12-9/h6-8,10H,2-5H2,1H3. The number of piperidine rings is 1. The Hall–Kier alpha value is -0.940. The zero-order chi connectivity index (χ0) is 9.80. The molecule has 0 saturated carbocycles. The quantitative estimate of drug-likeness (QED) is 0.768. The number of hydrogen-bond donors (Lipinski definition) is 1. The summed E-state index contributed by atoms with van der Waals surface area (Å²) in [7, 11) is 0. The molecular weight excluding hydrogens is 182 g/mol. The zero-order valence-corrected chi connectivity index (χ0v) is 8.27. The molecule has 1 aromatic heterocycles. The third-order valence-corrected chi connectivity index (χ3v) is 2.59. The fourth-order valence-corrected chi connectivity index (χ4v) is 1.62. The van der Waals surface area contributed by atoms with Gasteiger partial charge in [-0.15, -0.1) is 0 Å². The van der Waals surface area contributed by atoms with E-state index in [1.165, 1.54) is 6.39 Å². The number of rotatable bonds is 3. The van der Waals surface area contributed by atoms with Gasteiger partial charge in [0.1, 0.15) is 6.61 Å². The van der Waals surface area contributed by atoms with Crippen molar-refractivity contribution in [2.24, 2.45) is 5.92 Å². The maximum absolute atomic E-state index is 5.69. The lowest BCUT2D eigenvalue weighted by Gasteiger charge is -2.28. The van der Waals surface area contributed by atoms with Crippen LogP contribution in [0.5, 0.6) is 0 Å². The molecule has 5 heteroatoms. The van der Waals surface area contributed by atoms with Gasteiger partial charge in [0.2, 0.25) is 6.39 Å². The first-order chi connectivity index (χ1) is 6.86. The van der Waals surface area contributed by atoms with Crippen LogP contribution in [0.3, 0.4) is 0 Å². The molecule has 2 heterocycles. The lowest BCUT2D eigenvalue weighted by molar-refractivity contribution is -0.0101. The Balaban J connectivity index is 1.79. The summed E-state index contributed by atoms with van der Waals surface area (Å²) < 4.78 is 10.3. The summed E-state index contributed by atoms with van der Waals surface area (Å²) in [6.07, 6.45) is 2.75. The van der Waals surface area contributed by atoms with Crippen molar-refractivity contribution >= 4 is 0 Å². The molecule has 2 unspecified atom stereocenters. The Morgan fingerprint density at radius 2 is 2.64 bits per heavy atom. The molecule has 0 bridgehead atoms. The van der Waals surface area contributed by atoms with E-state index < -0.39 is 0 Å². The summed E-state index contributed by atoms with van der Waals surface area (Å²) in [6.45, 7) is 4.65. The van der Waals surface area contributed by atoms with Gasteiger partial charge in [-0.2, -0.15) is 4.98 Å². The molecule has 2 rings (SSSR count). The molecule has 0 amide bonds. The molecule has 1 aliphatic rings. The van der Waals surface area contributed by atoms with Crippen LogP contribution < -0.4 is 5.32 Å². The third kappa shape index (κ3) is 2.30. The van der Waals surface area contributed by atoms with Crippen molar-refractivity contribution in [1.82, 2.24) is 15.5 Å². The highest BCUT2D eigenvalue weighted by molar-refractivity contribution is 4.78. The van der Waals surface area contributed by atoms with E-state index in [1.807, 2.05) is 0 Å². The van der Waals surface area contributed by atoms with Gasteiger partial charge in [0.25, 0.3) is 0 Å². The minimum absolute atomic E-state index is 0.266. The zero-order valence-electron chi connectivity index (χ0n) is 8.27. The first kappa shape index (κ1) is 9.61. The first-order valence-corrected chi connectivity index (χ1v) is 4.94. The lowest BCUT2D eigenvalue weighted by atomic mass is 9.97. The molecular formula is C9H15N3O2. The largest absolute Gasteiger partial charge is 0.368 e. The Kier molecular flexibility index (Phi) is 3.10. The summed E-state index contributed by atoms with van der Waals surface area (Å²) in [5.41, 5.74) is 0. The summed E-state index contributed by atoms with van der Waals surface area (Å²) in [4.78, 5) is 3.90. The molecule has 2 atom stereocenters. The molecule has 1 saturated heterocycles. The maximum Gasteiger partial charge on any atom is 0.213 e. The minimum Gasteiger partial charge on any atom is -0.368 e. The van der Waals surface area contributed by atoms with E-state index >= 15 is 0 Å². The van der Waals surface area contributed by atoms with Gasteiger partial charge in [0.05, 0.1) is 6.10 Å². The molecule has 1 aliphatic heterocycles. The molecule has 1 aromatic rings. The van der Waals surface area contributed by atoms with Crippen molar-refractivity contribution in [3.05, 3.63) is 12.2 Å². The van der Waals surface area contributed by atoms with E-state index in [-0.39, 0.29) is 6.10 Å². The highest BCUT2D eigenvalue weighted by Gasteiger charge is 2.21. The van der Waals surface area contributed by atoms with Crippen LogP contribution in [-0.2, 0) is 11.3 Å². The number of nitrogens with zero attached hydrogens (tertiary/aromatic N) is 2. The van der Waals surface area contributed by atoms with Crippen molar-refractivity contribution in [2.45, 2.75) is 26.1 Å². The monoisotopic (exact) mass is 197 g/mol. The number of ether oxygens (including phenoxy) is 1. The van der Waals surface area contributed by atoms with Gasteiger partial charge in [0, 0.05) is 6.54 Å². The second-order valence-corrected chi connectivity index (χ2v) is 3.67. The predicted molar refractivity (Wildman–Crippen MR) is 49.5 cm³/mol. The van der Waals surface area contributed by atoms with Crippen LogP contribution in [0.4, 0.5) is 0 Å². The second kappa shape index (κ2) is 4.52. The summed E-state index contributed by atoms with van der Waals surface area (Å²) in [5, 5.41) is 7.00. The molecule has 1 N–H and O–H groups in total. The van der Waals surface area contributed by atoms with Crippen LogP contribution in [0.15, 0.2) is 10.9 Å². The SMILES string of the molecule is CC1CCNCC1OCc1ncon1. The van der Waals surface area contributed by atoms with Crippen molar-refractivity contribution in [3.8, 4) is 0 Å².